The summed E-state index contributed by atoms with van der Waals surface area (Å²) in [7, 11) is -1.40. The van der Waals surface area contributed by atoms with E-state index in [1.165, 1.54) is 57.0 Å². The van der Waals surface area contributed by atoms with E-state index in [2.05, 4.69) is 20.8 Å². The maximum atomic E-state index is 12.2. The van der Waals surface area contributed by atoms with Crippen molar-refractivity contribution >= 4 is 13.0 Å². The number of unbranched alkanes of at least 4 members (excludes halogenated alkanes) is 3. The van der Waals surface area contributed by atoms with Gasteiger partial charge in [0.2, 0.25) is 0 Å². The van der Waals surface area contributed by atoms with Crippen molar-refractivity contribution < 1.29 is 9.90 Å². The zero-order valence-electron chi connectivity index (χ0n) is 14.0. The van der Waals surface area contributed by atoms with E-state index in [0.717, 1.165) is 6.16 Å². The molecule has 0 aromatic carbocycles. The predicted octanol–water partition coefficient (Wildman–Crippen LogP) is 4.48. The second-order valence-electron chi connectivity index (χ2n) is 6.35. The molecule has 0 fully saturated rings. The number of ketones is 1. The van der Waals surface area contributed by atoms with Crippen molar-refractivity contribution in [1.29, 1.82) is 0 Å². The molecule has 0 saturated heterocycles. The molecule has 20 heavy (non-hydrogen) atoms. The summed E-state index contributed by atoms with van der Waals surface area (Å²) in [6.07, 6.45) is 13.8. The minimum atomic E-state index is -1.40. The normalized spacial score (nSPS) is 12.6. The minimum absolute atomic E-state index is 0.152. The van der Waals surface area contributed by atoms with Crippen LogP contribution in [0.4, 0.5) is 0 Å². The maximum absolute atomic E-state index is 12.2. The van der Waals surface area contributed by atoms with Crippen LogP contribution in [-0.4, -0.2) is 42.1 Å². The summed E-state index contributed by atoms with van der Waals surface area (Å²) in [5, 5.41) is 8.90. The summed E-state index contributed by atoms with van der Waals surface area (Å²) >= 11 is 0. The molecular weight excluding hydrogens is 267 g/mol. The molecule has 122 valence electrons. The molecule has 0 heterocycles. The van der Waals surface area contributed by atoms with Crippen LogP contribution in [0.25, 0.3) is 0 Å². The van der Waals surface area contributed by atoms with Gasteiger partial charge in [-0.1, -0.05) is 0 Å². The molecule has 0 aliphatic heterocycles. The van der Waals surface area contributed by atoms with Gasteiger partial charge in [0.15, 0.2) is 0 Å². The van der Waals surface area contributed by atoms with Gasteiger partial charge in [-0.25, -0.2) is 0 Å². The summed E-state index contributed by atoms with van der Waals surface area (Å²) in [5.74, 6) is 0.425. The van der Waals surface area contributed by atoms with E-state index in [4.69, 9.17) is 5.11 Å². The zero-order valence-corrected chi connectivity index (χ0v) is 15.0. The Morgan fingerprint density at radius 3 is 1.65 bits per heavy atom. The first-order valence-corrected chi connectivity index (χ1v) is 11.6. The molecule has 0 rings (SSSR count). The molecule has 0 unspecified atom stereocenters. The van der Waals surface area contributed by atoms with Gasteiger partial charge < -0.3 is 0 Å². The van der Waals surface area contributed by atoms with Gasteiger partial charge in [-0.05, 0) is 0 Å². The Bertz CT molecular complexity index is 219. The van der Waals surface area contributed by atoms with Gasteiger partial charge in [0, 0.05) is 0 Å². The van der Waals surface area contributed by atoms with Crippen molar-refractivity contribution in [1.82, 2.24) is 0 Å². The van der Waals surface area contributed by atoms with Gasteiger partial charge in [0.05, 0.1) is 0 Å². The van der Waals surface area contributed by atoms with Crippen molar-refractivity contribution in [3.8, 4) is 0 Å². The van der Waals surface area contributed by atoms with Gasteiger partial charge in [-0.2, -0.15) is 0 Å². The van der Waals surface area contributed by atoms with Crippen molar-refractivity contribution in [2.45, 2.75) is 72.1 Å². The molecule has 0 spiro atoms. The summed E-state index contributed by atoms with van der Waals surface area (Å²) in [4.78, 5) is 12.2. The number of rotatable bonds is 14. The summed E-state index contributed by atoms with van der Waals surface area (Å²) in [6.45, 7) is 6.92. The third-order valence-electron chi connectivity index (χ3n) is 4.37. The fourth-order valence-electron chi connectivity index (χ4n) is 3.08. The van der Waals surface area contributed by atoms with Gasteiger partial charge in [-0.15, -0.1) is 0 Å². The second kappa shape index (κ2) is 12.8. The van der Waals surface area contributed by atoms with Crippen LogP contribution < -0.4 is 0 Å². The fraction of sp³-hybridized carbons (Fsp3) is 0.941. The SMILES string of the molecule is CCCC[PH](CCCC)(CCCC)CC(=O)CCCO. The summed E-state index contributed by atoms with van der Waals surface area (Å²) in [5.41, 5.74) is 0. The standard InChI is InChI=1S/C17H37O2P/c1-4-7-13-20(14-8-5-2,15-9-6-3)16-17(19)11-10-12-18/h18,20H,4-16H2,1-3H3. The quantitative estimate of drug-likeness (QED) is 0.480. The number of carbonyl (C=O) groups is 1. The molecule has 0 aromatic rings. The Balaban J connectivity index is 4.68. The number of hydrogen-bond donors (Lipinski definition) is 1. The second-order valence-corrected chi connectivity index (χ2v) is 11.2. The zero-order chi connectivity index (χ0) is 15.3. The number of Topliss-reactive ketones (excluding diaryl/α,β-unsaturated/α-hetero) is 1. The van der Waals surface area contributed by atoms with Crippen LogP contribution in [0.3, 0.4) is 0 Å². The fourth-order valence-corrected chi connectivity index (χ4v) is 8.68. The molecule has 0 saturated carbocycles. The molecule has 0 radical (unpaired) electrons. The molecular formula is C17H37O2P. The van der Waals surface area contributed by atoms with Gasteiger partial charge >= 0.3 is 126 Å². The van der Waals surface area contributed by atoms with E-state index in [-0.39, 0.29) is 6.61 Å². The summed E-state index contributed by atoms with van der Waals surface area (Å²) < 4.78 is 0. The van der Waals surface area contributed by atoms with Crippen LogP contribution >= 0.6 is 7.26 Å². The van der Waals surface area contributed by atoms with Gasteiger partial charge in [0.1, 0.15) is 0 Å². The topological polar surface area (TPSA) is 37.3 Å². The van der Waals surface area contributed by atoms with Crippen molar-refractivity contribution in [3.05, 3.63) is 0 Å². The average molecular weight is 304 g/mol. The van der Waals surface area contributed by atoms with Gasteiger partial charge in [0.25, 0.3) is 0 Å². The van der Waals surface area contributed by atoms with Crippen LogP contribution in [0, 0.1) is 0 Å². The molecule has 0 aromatic heterocycles. The first-order valence-electron chi connectivity index (χ1n) is 8.76. The van der Waals surface area contributed by atoms with Crippen molar-refractivity contribution in [2.75, 3.05) is 31.3 Å². The predicted molar refractivity (Wildman–Crippen MR) is 93.8 cm³/mol. The van der Waals surface area contributed by atoms with Crippen molar-refractivity contribution in [3.63, 3.8) is 0 Å². The molecule has 0 amide bonds. The molecule has 0 aliphatic carbocycles. The molecule has 0 aliphatic rings. The summed E-state index contributed by atoms with van der Waals surface area (Å²) in [6, 6.07) is 0. The Labute approximate surface area is 127 Å². The van der Waals surface area contributed by atoms with E-state index in [1.54, 1.807) is 0 Å². The van der Waals surface area contributed by atoms with Crippen LogP contribution in [-0.2, 0) is 4.79 Å². The van der Waals surface area contributed by atoms with E-state index < -0.39 is 7.26 Å². The molecule has 0 atom stereocenters. The van der Waals surface area contributed by atoms with E-state index in [9.17, 15) is 4.79 Å². The van der Waals surface area contributed by atoms with Crippen LogP contribution in [0.5, 0.6) is 0 Å². The average Bonchev–Trinajstić information content (AvgIpc) is 2.46. The van der Waals surface area contributed by atoms with Gasteiger partial charge in [-0.3, -0.25) is 0 Å². The third kappa shape index (κ3) is 9.08. The first kappa shape index (κ1) is 20.1. The van der Waals surface area contributed by atoms with Crippen LogP contribution in [0.15, 0.2) is 0 Å². The van der Waals surface area contributed by atoms with Crippen LogP contribution in [0.2, 0.25) is 0 Å². The Kier molecular flexibility index (Phi) is 12.8. The first-order chi connectivity index (χ1) is 9.64. The van der Waals surface area contributed by atoms with E-state index in [0.29, 0.717) is 18.6 Å². The molecule has 0 bridgehead atoms. The number of aliphatic hydroxyl groups is 1. The Morgan fingerprint density at radius 1 is 0.850 bits per heavy atom. The Hall–Kier alpha value is 0.0600. The van der Waals surface area contributed by atoms with E-state index >= 15 is 0 Å². The third-order valence-corrected chi connectivity index (χ3v) is 9.75. The molecule has 1 N–H and O–H groups in total. The Morgan fingerprint density at radius 2 is 1.30 bits per heavy atom. The monoisotopic (exact) mass is 304 g/mol. The van der Waals surface area contributed by atoms with E-state index in [1.807, 2.05) is 0 Å². The van der Waals surface area contributed by atoms with Crippen molar-refractivity contribution in [2.24, 2.45) is 0 Å². The van der Waals surface area contributed by atoms with Crippen LogP contribution in [0.1, 0.15) is 72.1 Å². The molecule has 3 heteroatoms. The number of carbonyl (C=O) groups excluding carboxylic acids is 1. The number of hydrogen-bond acceptors (Lipinski definition) is 2. The number of aliphatic hydroxyl groups excluding tert-OH is 1. The molecule has 2 nitrogen and oxygen atoms in total.